The van der Waals surface area contributed by atoms with E-state index in [1.807, 2.05) is 0 Å². The van der Waals surface area contributed by atoms with Crippen LogP contribution in [0.15, 0.2) is 36.5 Å². The summed E-state index contributed by atoms with van der Waals surface area (Å²) >= 11 is 0. The van der Waals surface area contributed by atoms with E-state index in [-0.39, 0.29) is 17.9 Å². The summed E-state index contributed by atoms with van der Waals surface area (Å²) in [6.07, 6.45) is 1.41. The molecule has 0 unspecified atom stereocenters. The predicted octanol–water partition coefficient (Wildman–Crippen LogP) is 2.82. The maximum Gasteiger partial charge on any atom is 0.277 e. The molecule has 1 N–H and O–H groups in total. The van der Waals surface area contributed by atoms with E-state index in [2.05, 4.69) is 10.3 Å². The molecule has 0 spiro atoms. The van der Waals surface area contributed by atoms with E-state index in [9.17, 15) is 20.2 Å². The Labute approximate surface area is 119 Å². The summed E-state index contributed by atoms with van der Waals surface area (Å²) in [5, 5.41) is 24.4. The summed E-state index contributed by atoms with van der Waals surface area (Å²) in [5.74, 6) is 0.346. The third-order valence-electron chi connectivity index (χ3n) is 2.87. The van der Waals surface area contributed by atoms with Gasteiger partial charge in [0.25, 0.3) is 11.4 Å². The molecule has 0 aliphatic carbocycles. The highest BCUT2D eigenvalue weighted by Crippen LogP contribution is 2.20. The third-order valence-corrected chi connectivity index (χ3v) is 2.87. The van der Waals surface area contributed by atoms with Crippen LogP contribution >= 0.6 is 0 Å². The van der Waals surface area contributed by atoms with E-state index in [1.165, 1.54) is 24.4 Å². The van der Waals surface area contributed by atoms with Gasteiger partial charge in [0.2, 0.25) is 0 Å². The van der Waals surface area contributed by atoms with Crippen LogP contribution in [0.25, 0.3) is 0 Å². The molecule has 0 fully saturated rings. The molecule has 0 saturated heterocycles. The Balaban J connectivity index is 2.13. The fraction of sp³-hybridized carbons (Fsp3) is 0.154. The summed E-state index contributed by atoms with van der Waals surface area (Å²) in [7, 11) is 0. The first-order valence-electron chi connectivity index (χ1n) is 6.05. The van der Waals surface area contributed by atoms with Crippen molar-refractivity contribution < 1.29 is 9.85 Å². The molecule has 0 amide bonds. The highest BCUT2D eigenvalue weighted by Gasteiger charge is 2.12. The van der Waals surface area contributed by atoms with Gasteiger partial charge in [0, 0.05) is 30.4 Å². The van der Waals surface area contributed by atoms with Crippen molar-refractivity contribution in [3.8, 4) is 0 Å². The number of hydrogen-bond acceptors (Lipinski definition) is 6. The number of nitro benzene ring substituents is 1. The summed E-state index contributed by atoms with van der Waals surface area (Å²) in [4.78, 5) is 24.6. The van der Waals surface area contributed by atoms with Crippen LogP contribution in [0.3, 0.4) is 0 Å². The second-order valence-electron chi connectivity index (χ2n) is 4.39. The number of anilines is 1. The second kappa shape index (κ2) is 5.95. The maximum atomic E-state index is 10.8. The van der Waals surface area contributed by atoms with Crippen LogP contribution in [0.4, 0.5) is 17.2 Å². The van der Waals surface area contributed by atoms with Gasteiger partial charge in [-0.05, 0) is 12.5 Å². The average Bonchev–Trinajstić information content (AvgIpc) is 2.46. The van der Waals surface area contributed by atoms with Crippen molar-refractivity contribution in [2.45, 2.75) is 13.5 Å². The Bertz CT molecular complexity index is 702. The van der Waals surface area contributed by atoms with Crippen molar-refractivity contribution in [3.05, 3.63) is 67.9 Å². The number of nitro groups is 2. The van der Waals surface area contributed by atoms with Gasteiger partial charge < -0.3 is 5.32 Å². The fourth-order valence-electron chi connectivity index (χ4n) is 1.78. The number of pyridine rings is 1. The fourth-order valence-corrected chi connectivity index (χ4v) is 1.78. The van der Waals surface area contributed by atoms with Gasteiger partial charge in [-0.25, -0.2) is 4.98 Å². The molecule has 0 aliphatic heterocycles. The van der Waals surface area contributed by atoms with Crippen molar-refractivity contribution in [1.29, 1.82) is 0 Å². The first-order chi connectivity index (χ1) is 9.97. The summed E-state index contributed by atoms with van der Waals surface area (Å²) in [6.45, 7) is 1.89. The highest BCUT2D eigenvalue weighted by molar-refractivity contribution is 5.49. The average molecular weight is 288 g/mol. The van der Waals surface area contributed by atoms with Crippen LogP contribution in [-0.4, -0.2) is 14.8 Å². The molecule has 0 saturated carbocycles. The Kier molecular flexibility index (Phi) is 4.07. The largest absolute Gasteiger partial charge is 0.366 e. The van der Waals surface area contributed by atoms with Crippen LogP contribution in [0.1, 0.15) is 11.1 Å². The standard InChI is InChI=1S/C13H12N4O4/c1-9-7-14-13(6-12(9)17(20)21)15-8-10-3-2-4-11(5-10)16(18)19/h2-7H,8H2,1H3,(H,14,15). The van der Waals surface area contributed by atoms with Gasteiger partial charge in [-0.3, -0.25) is 20.2 Å². The zero-order valence-electron chi connectivity index (χ0n) is 11.1. The van der Waals surface area contributed by atoms with Gasteiger partial charge in [0.1, 0.15) is 5.82 Å². The molecular weight excluding hydrogens is 276 g/mol. The van der Waals surface area contributed by atoms with Crippen LogP contribution in [0.5, 0.6) is 0 Å². The topological polar surface area (TPSA) is 111 Å². The monoisotopic (exact) mass is 288 g/mol. The van der Waals surface area contributed by atoms with Crippen molar-refractivity contribution in [2.24, 2.45) is 0 Å². The first-order valence-corrected chi connectivity index (χ1v) is 6.05. The molecule has 0 bridgehead atoms. The predicted molar refractivity (Wildman–Crippen MR) is 76.1 cm³/mol. The van der Waals surface area contributed by atoms with Gasteiger partial charge in [-0.15, -0.1) is 0 Å². The quantitative estimate of drug-likeness (QED) is 0.668. The Morgan fingerprint density at radius 1 is 1.19 bits per heavy atom. The number of hydrogen-bond donors (Lipinski definition) is 1. The number of non-ortho nitro benzene ring substituents is 1. The second-order valence-corrected chi connectivity index (χ2v) is 4.39. The van der Waals surface area contributed by atoms with Crippen molar-refractivity contribution in [1.82, 2.24) is 4.98 Å². The highest BCUT2D eigenvalue weighted by atomic mass is 16.6. The zero-order valence-corrected chi connectivity index (χ0v) is 11.1. The molecule has 0 atom stereocenters. The lowest BCUT2D eigenvalue weighted by molar-refractivity contribution is -0.385. The normalized spacial score (nSPS) is 10.1. The zero-order chi connectivity index (χ0) is 15.4. The van der Waals surface area contributed by atoms with Gasteiger partial charge in [0.15, 0.2) is 0 Å². The van der Waals surface area contributed by atoms with Gasteiger partial charge in [-0.2, -0.15) is 0 Å². The van der Waals surface area contributed by atoms with E-state index in [0.29, 0.717) is 16.9 Å². The smallest absolute Gasteiger partial charge is 0.277 e. The van der Waals surface area contributed by atoms with Crippen molar-refractivity contribution in [2.75, 3.05) is 5.32 Å². The molecule has 0 radical (unpaired) electrons. The van der Waals surface area contributed by atoms with Crippen molar-refractivity contribution >= 4 is 17.2 Å². The Hall–Kier alpha value is -3.03. The first kappa shape index (κ1) is 14.4. The molecule has 8 heteroatoms. The van der Waals surface area contributed by atoms with Crippen molar-refractivity contribution in [3.63, 3.8) is 0 Å². The third kappa shape index (κ3) is 3.50. The molecule has 1 aromatic heterocycles. The van der Waals surface area contributed by atoms with Crippen LogP contribution in [0, 0.1) is 27.2 Å². The number of aryl methyl sites for hydroxylation is 1. The maximum absolute atomic E-state index is 10.8. The number of nitrogens with one attached hydrogen (secondary N) is 1. The van der Waals surface area contributed by atoms with E-state index in [0.717, 1.165) is 0 Å². The van der Waals surface area contributed by atoms with Gasteiger partial charge >= 0.3 is 0 Å². The van der Waals surface area contributed by atoms with Crippen LogP contribution in [-0.2, 0) is 6.54 Å². The summed E-state index contributed by atoms with van der Waals surface area (Å²) in [6, 6.07) is 7.49. The summed E-state index contributed by atoms with van der Waals surface area (Å²) < 4.78 is 0. The minimum atomic E-state index is -0.477. The molecule has 1 aromatic carbocycles. The Morgan fingerprint density at radius 3 is 2.62 bits per heavy atom. The number of aromatic nitrogens is 1. The number of rotatable bonds is 5. The molecule has 2 rings (SSSR count). The lowest BCUT2D eigenvalue weighted by Crippen LogP contribution is -2.03. The number of nitrogens with zero attached hydrogens (tertiary/aromatic N) is 3. The molecule has 1 heterocycles. The van der Waals surface area contributed by atoms with E-state index >= 15 is 0 Å². The van der Waals surface area contributed by atoms with Crippen LogP contribution in [0.2, 0.25) is 0 Å². The lowest BCUT2D eigenvalue weighted by Gasteiger charge is -2.06. The SMILES string of the molecule is Cc1cnc(NCc2cccc([N+](=O)[O-])c2)cc1[N+](=O)[O-]. The van der Waals surface area contributed by atoms with E-state index < -0.39 is 9.85 Å². The van der Waals surface area contributed by atoms with E-state index in [4.69, 9.17) is 0 Å². The molecule has 2 aromatic rings. The number of benzene rings is 1. The molecule has 8 nitrogen and oxygen atoms in total. The molecular formula is C13H12N4O4. The molecule has 0 aliphatic rings. The van der Waals surface area contributed by atoms with Gasteiger partial charge in [0.05, 0.1) is 15.9 Å². The minimum Gasteiger partial charge on any atom is -0.366 e. The minimum absolute atomic E-state index is 0.00264. The van der Waals surface area contributed by atoms with Crippen LogP contribution < -0.4 is 5.32 Å². The van der Waals surface area contributed by atoms with E-state index in [1.54, 1.807) is 19.1 Å². The van der Waals surface area contributed by atoms with Gasteiger partial charge in [-0.1, -0.05) is 12.1 Å². The Morgan fingerprint density at radius 2 is 1.95 bits per heavy atom. The summed E-state index contributed by atoms with van der Waals surface area (Å²) in [5.41, 5.74) is 1.14. The lowest BCUT2D eigenvalue weighted by atomic mass is 10.2. The molecule has 21 heavy (non-hydrogen) atoms. The molecule has 108 valence electrons.